The molecule has 1 saturated carbocycles. The summed E-state index contributed by atoms with van der Waals surface area (Å²) < 4.78 is 25.8. The number of hydrogen-bond donors (Lipinski definition) is 2. The van der Waals surface area contributed by atoms with Crippen LogP contribution in [0.15, 0.2) is 0 Å². The molecule has 0 radical (unpaired) electrons. The molecule has 1 unspecified atom stereocenters. The van der Waals surface area contributed by atoms with Gasteiger partial charge in [-0.15, -0.1) is 0 Å². The number of sulfonamides is 1. The molecule has 0 aromatic heterocycles. The second-order valence-corrected chi connectivity index (χ2v) is 8.55. The molecule has 23 heavy (non-hydrogen) atoms. The standard InChI is InChI=1S/C15H27N3O4S/c1-23(21,22)17-12(10-11-6-3-2-4-7-11)15(20)18-9-5-8-13(18)14(16)19/h11-13,17H,2-10H2,1H3,(H2,16,19)/t12-,13?/m1/s1. The Morgan fingerprint density at radius 1 is 1.17 bits per heavy atom. The summed E-state index contributed by atoms with van der Waals surface area (Å²) in [6, 6.07) is -1.41. The van der Waals surface area contributed by atoms with Crippen LogP contribution in [0, 0.1) is 5.92 Å². The summed E-state index contributed by atoms with van der Waals surface area (Å²) >= 11 is 0. The lowest BCUT2D eigenvalue weighted by Gasteiger charge is -2.30. The molecule has 2 aliphatic rings. The quantitative estimate of drug-likeness (QED) is 0.724. The van der Waals surface area contributed by atoms with E-state index in [0.29, 0.717) is 31.7 Å². The monoisotopic (exact) mass is 345 g/mol. The Balaban J connectivity index is 2.11. The lowest BCUT2D eigenvalue weighted by Crippen LogP contribution is -2.53. The van der Waals surface area contributed by atoms with E-state index in [2.05, 4.69) is 4.72 Å². The lowest BCUT2D eigenvalue weighted by molar-refractivity contribution is -0.139. The maximum Gasteiger partial charge on any atom is 0.241 e. The summed E-state index contributed by atoms with van der Waals surface area (Å²) in [7, 11) is -3.50. The highest BCUT2D eigenvalue weighted by Gasteiger charge is 2.37. The van der Waals surface area contributed by atoms with E-state index in [1.807, 2.05) is 0 Å². The third-order valence-electron chi connectivity index (χ3n) is 4.81. The minimum absolute atomic E-state index is 0.317. The van der Waals surface area contributed by atoms with Crippen LogP contribution in [-0.2, 0) is 19.6 Å². The first-order valence-electron chi connectivity index (χ1n) is 8.35. The van der Waals surface area contributed by atoms with E-state index in [9.17, 15) is 18.0 Å². The maximum atomic E-state index is 12.8. The van der Waals surface area contributed by atoms with Crippen LogP contribution in [0.5, 0.6) is 0 Å². The zero-order valence-corrected chi connectivity index (χ0v) is 14.5. The van der Waals surface area contributed by atoms with Gasteiger partial charge in [0.05, 0.1) is 6.26 Å². The van der Waals surface area contributed by atoms with Gasteiger partial charge in [0.25, 0.3) is 0 Å². The van der Waals surface area contributed by atoms with Gasteiger partial charge in [-0.2, -0.15) is 0 Å². The fraction of sp³-hybridized carbons (Fsp3) is 0.867. The second kappa shape index (κ2) is 7.61. The molecule has 7 nitrogen and oxygen atoms in total. The van der Waals surface area contributed by atoms with Crippen molar-refractivity contribution in [2.75, 3.05) is 12.8 Å². The minimum Gasteiger partial charge on any atom is -0.368 e. The van der Waals surface area contributed by atoms with E-state index in [0.717, 1.165) is 31.9 Å². The molecular formula is C15H27N3O4S. The topological polar surface area (TPSA) is 110 Å². The molecule has 3 N–H and O–H groups in total. The summed E-state index contributed by atoms with van der Waals surface area (Å²) in [4.78, 5) is 25.8. The fourth-order valence-electron chi connectivity index (χ4n) is 3.74. The van der Waals surface area contributed by atoms with E-state index in [1.54, 1.807) is 0 Å². The highest BCUT2D eigenvalue weighted by Crippen LogP contribution is 2.29. The molecule has 0 aromatic rings. The molecule has 0 bridgehead atoms. The van der Waals surface area contributed by atoms with Crippen molar-refractivity contribution in [1.29, 1.82) is 0 Å². The average Bonchev–Trinajstić information content (AvgIpc) is 2.95. The molecule has 2 atom stereocenters. The van der Waals surface area contributed by atoms with Crippen LogP contribution in [0.25, 0.3) is 0 Å². The molecule has 8 heteroatoms. The Kier molecular flexibility index (Phi) is 6.02. The van der Waals surface area contributed by atoms with Gasteiger partial charge in [-0.25, -0.2) is 13.1 Å². The Labute approximate surface area is 138 Å². The summed E-state index contributed by atoms with van der Waals surface area (Å²) in [5.74, 6) is -0.490. The molecule has 0 aromatic carbocycles. The van der Waals surface area contributed by atoms with Gasteiger partial charge in [-0.1, -0.05) is 32.1 Å². The van der Waals surface area contributed by atoms with Gasteiger partial charge in [-0.3, -0.25) is 9.59 Å². The van der Waals surface area contributed by atoms with E-state index in [-0.39, 0.29) is 5.91 Å². The van der Waals surface area contributed by atoms with Gasteiger partial charge >= 0.3 is 0 Å². The second-order valence-electron chi connectivity index (χ2n) is 6.77. The molecule has 1 heterocycles. The molecule has 2 amide bonds. The Bertz CT molecular complexity index is 543. The highest BCUT2D eigenvalue weighted by atomic mass is 32.2. The third kappa shape index (κ3) is 5.17. The average molecular weight is 345 g/mol. The summed E-state index contributed by atoms with van der Waals surface area (Å²) in [6.45, 7) is 0.457. The largest absolute Gasteiger partial charge is 0.368 e. The van der Waals surface area contributed by atoms with Crippen molar-refractivity contribution in [2.24, 2.45) is 11.7 Å². The molecule has 0 spiro atoms. The maximum absolute atomic E-state index is 12.8. The number of carbonyl (C=O) groups excluding carboxylic acids is 2. The van der Waals surface area contributed by atoms with Crippen LogP contribution < -0.4 is 10.5 Å². The highest BCUT2D eigenvalue weighted by molar-refractivity contribution is 7.88. The van der Waals surface area contributed by atoms with Crippen LogP contribution in [-0.4, -0.2) is 50.0 Å². The summed E-state index contributed by atoms with van der Waals surface area (Å²) in [5, 5.41) is 0. The van der Waals surface area contributed by atoms with Gasteiger partial charge in [-0.05, 0) is 25.2 Å². The van der Waals surface area contributed by atoms with Gasteiger partial charge in [0, 0.05) is 6.54 Å². The zero-order valence-electron chi connectivity index (χ0n) is 13.7. The van der Waals surface area contributed by atoms with Gasteiger partial charge in [0.2, 0.25) is 21.8 Å². The number of primary amides is 1. The van der Waals surface area contributed by atoms with Gasteiger partial charge in [0.1, 0.15) is 12.1 Å². The van der Waals surface area contributed by atoms with Crippen molar-refractivity contribution in [2.45, 2.75) is 63.5 Å². The molecule has 1 aliphatic carbocycles. The van der Waals surface area contributed by atoms with E-state index >= 15 is 0 Å². The van der Waals surface area contributed by atoms with Crippen molar-refractivity contribution in [3.05, 3.63) is 0 Å². The van der Waals surface area contributed by atoms with Gasteiger partial charge in [0.15, 0.2) is 0 Å². The van der Waals surface area contributed by atoms with E-state index in [4.69, 9.17) is 5.73 Å². The van der Waals surface area contributed by atoms with E-state index < -0.39 is 28.0 Å². The normalized spacial score (nSPS) is 24.6. The predicted molar refractivity (Wildman–Crippen MR) is 86.9 cm³/mol. The Morgan fingerprint density at radius 3 is 2.39 bits per heavy atom. The van der Waals surface area contributed by atoms with Crippen LogP contribution >= 0.6 is 0 Å². The SMILES string of the molecule is CS(=O)(=O)N[C@H](CC1CCCCC1)C(=O)N1CCCC1C(N)=O. The zero-order chi connectivity index (χ0) is 17.0. The third-order valence-corrected chi connectivity index (χ3v) is 5.53. The number of nitrogens with zero attached hydrogens (tertiary/aromatic N) is 1. The summed E-state index contributed by atoms with van der Waals surface area (Å²) in [5.41, 5.74) is 5.37. The van der Waals surface area contributed by atoms with Crippen LogP contribution in [0.3, 0.4) is 0 Å². The van der Waals surface area contributed by atoms with Crippen molar-refractivity contribution in [1.82, 2.24) is 9.62 Å². The number of nitrogens with two attached hydrogens (primary N) is 1. The Morgan fingerprint density at radius 2 is 1.83 bits per heavy atom. The number of hydrogen-bond acceptors (Lipinski definition) is 4. The first-order valence-corrected chi connectivity index (χ1v) is 10.2. The lowest BCUT2D eigenvalue weighted by atomic mass is 9.84. The number of nitrogens with one attached hydrogen (secondary N) is 1. The van der Waals surface area contributed by atoms with Crippen molar-refractivity contribution in [3.8, 4) is 0 Å². The first-order chi connectivity index (χ1) is 10.8. The van der Waals surface area contributed by atoms with Crippen molar-refractivity contribution < 1.29 is 18.0 Å². The van der Waals surface area contributed by atoms with E-state index in [1.165, 1.54) is 11.3 Å². The van der Waals surface area contributed by atoms with Crippen LogP contribution in [0.4, 0.5) is 0 Å². The number of likely N-dealkylation sites (tertiary alicyclic amines) is 1. The number of amides is 2. The molecule has 2 rings (SSSR count). The minimum atomic E-state index is -3.50. The van der Waals surface area contributed by atoms with Crippen molar-refractivity contribution >= 4 is 21.8 Å². The smallest absolute Gasteiger partial charge is 0.241 e. The number of rotatable bonds is 6. The fourth-order valence-corrected chi connectivity index (χ4v) is 4.45. The summed E-state index contributed by atoms with van der Waals surface area (Å²) in [6.07, 6.45) is 8.31. The predicted octanol–water partition coefficient (Wildman–Crippen LogP) is 0.351. The molecule has 132 valence electrons. The first kappa shape index (κ1) is 18.2. The van der Waals surface area contributed by atoms with Crippen molar-refractivity contribution in [3.63, 3.8) is 0 Å². The molecule has 1 saturated heterocycles. The molecule has 2 fully saturated rings. The number of carbonyl (C=O) groups is 2. The molecular weight excluding hydrogens is 318 g/mol. The molecule has 1 aliphatic heterocycles. The van der Waals surface area contributed by atoms with Gasteiger partial charge < -0.3 is 10.6 Å². The Hall–Kier alpha value is -1.15. The van der Waals surface area contributed by atoms with Crippen LogP contribution in [0.1, 0.15) is 51.4 Å². The van der Waals surface area contributed by atoms with Crippen LogP contribution in [0.2, 0.25) is 0 Å².